The minimum absolute atomic E-state index is 0.0892. The van der Waals surface area contributed by atoms with Gasteiger partial charge in [-0.3, -0.25) is 14.4 Å². The SMILES string of the molecule is CC/C=C\C/C=C\C/C=C\C/C=C\C/C=C\C/C=C\CCCCCCCCCCC(=O)OCC(COC(=O)CCCCCCCCC/C=C\C/C=C\CCCCCC)OC(=O)CCCCCCCCC/C=C\C/C=C\CCCCCC. The van der Waals surface area contributed by atoms with Gasteiger partial charge in [0.15, 0.2) is 6.10 Å². The van der Waals surface area contributed by atoms with Crippen LogP contribution in [0, 0.1) is 0 Å². The Balaban J connectivity index is 4.40. The van der Waals surface area contributed by atoms with Crippen LogP contribution in [0.15, 0.2) is 122 Å². The number of ether oxygens (including phenoxy) is 3. The Morgan fingerprint density at radius 3 is 0.753 bits per heavy atom. The first-order valence-electron chi connectivity index (χ1n) is 34.0. The third kappa shape index (κ3) is 66.5. The van der Waals surface area contributed by atoms with Crippen LogP contribution >= 0.6 is 0 Å². The molecule has 6 heteroatoms. The summed E-state index contributed by atoms with van der Waals surface area (Å²) >= 11 is 0. The lowest BCUT2D eigenvalue weighted by molar-refractivity contribution is -0.167. The van der Waals surface area contributed by atoms with E-state index >= 15 is 0 Å². The van der Waals surface area contributed by atoms with Gasteiger partial charge in [0.05, 0.1) is 0 Å². The molecular weight excluding hydrogens is 997 g/mol. The third-order valence-electron chi connectivity index (χ3n) is 14.4. The monoisotopic (exact) mass is 1120 g/mol. The molecule has 0 aliphatic rings. The molecule has 6 nitrogen and oxygen atoms in total. The number of hydrogen-bond donors (Lipinski definition) is 0. The van der Waals surface area contributed by atoms with Crippen LogP contribution in [-0.2, 0) is 28.6 Å². The first kappa shape index (κ1) is 76.8. The molecule has 0 radical (unpaired) electrons. The van der Waals surface area contributed by atoms with E-state index in [9.17, 15) is 14.4 Å². The molecule has 0 aromatic carbocycles. The number of hydrogen-bond acceptors (Lipinski definition) is 6. The summed E-state index contributed by atoms with van der Waals surface area (Å²) in [6, 6.07) is 0. The maximum atomic E-state index is 12.9. The highest BCUT2D eigenvalue weighted by Crippen LogP contribution is 2.16. The van der Waals surface area contributed by atoms with E-state index < -0.39 is 6.10 Å². The molecule has 0 bridgehead atoms. The molecule has 0 aromatic rings. The van der Waals surface area contributed by atoms with Crippen molar-refractivity contribution in [3.8, 4) is 0 Å². The summed E-state index contributed by atoms with van der Waals surface area (Å²) in [5, 5.41) is 0. The fourth-order valence-corrected chi connectivity index (χ4v) is 9.33. The Morgan fingerprint density at radius 1 is 0.259 bits per heavy atom. The van der Waals surface area contributed by atoms with E-state index in [2.05, 4.69) is 142 Å². The molecule has 0 amide bonds. The van der Waals surface area contributed by atoms with Crippen molar-refractivity contribution in [2.24, 2.45) is 0 Å². The van der Waals surface area contributed by atoms with Gasteiger partial charge in [0.2, 0.25) is 0 Å². The van der Waals surface area contributed by atoms with E-state index in [1.165, 1.54) is 148 Å². The van der Waals surface area contributed by atoms with Gasteiger partial charge in [-0.15, -0.1) is 0 Å². The van der Waals surface area contributed by atoms with Crippen molar-refractivity contribution >= 4 is 17.9 Å². The molecule has 462 valence electrons. The molecule has 1 unspecified atom stereocenters. The van der Waals surface area contributed by atoms with Crippen molar-refractivity contribution in [3.05, 3.63) is 122 Å². The molecule has 1 atom stereocenters. The number of unbranched alkanes of at least 4 members (excludes halogenated alkanes) is 30. The van der Waals surface area contributed by atoms with Crippen LogP contribution in [-0.4, -0.2) is 37.2 Å². The van der Waals surface area contributed by atoms with Gasteiger partial charge in [0.25, 0.3) is 0 Å². The number of esters is 3. The van der Waals surface area contributed by atoms with Crippen molar-refractivity contribution in [1.29, 1.82) is 0 Å². The Kier molecular flexibility index (Phi) is 64.8. The second-order valence-electron chi connectivity index (χ2n) is 22.3. The van der Waals surface area contributed by atoms with Gasteiger partial charge in [-0.05, 0) is 135 Å². The summed E-state index contributed by atoms with van der Waals surface area (Å²) in [5.41, 5.74) is 0. The summed E-state index contributed by atoms with van der Waals surface area (Å²) < 4.78 is 17.0. The van der Waals surface area contributed by atoms with Gasteiger partial charge < -0.3 is 14.2 Å². The average molecular weight is 1120 g/mol. The summed E-state index contributed by atoms with van der Waals surface area (Å²) in [6.07, 6.45) is 94.8. The van der Waals surface area contributed by atoms with Crippen molar-refractivity contribution in [1.82, 2.24) is 0 Å². The first-order valence-corrected chi connectivity index (χ1v) is 34.0. The van der Waals surface area contributed by atoms with Crippen molar-refractivity contribution in [2.45, 2.75) is 322 Å². The van der Waals surface area contributed by atoms with E-state index in [1.807, 2.05) is 0 Å². The zero-order valence-electron chi connectivity index (χ0n) is 53.0. The smallest absolute Gasteiger partial charge is 0.306 e. The van der Waals surface area contributed by atoms with Crippen molar-refractivity contribution in [3.63, 3.8) is 0 Å². The van der Waals surface area contributed by atoms with Crippen LogP contribution in [0.1, 0.15) is 316 Å². The van der Waals surface area contributed by atoms with Crippen LogP contribution < -0.4 is 0 Å². The van der Waals surface area contributed by atoms with Gasteiger partial charge in [0, 0.05) is 19.3 Å². The second-order valence-corrected chi connectivity index (χ2v) is 22.3. The summed E-state index contributed by atoms with van der Waals surface area (Å²) in [4.78, 5) is 38.4. The lowest BCUT2D eigenvalue weighted by Gasteiger charge is -2.18. The fourth-order valence-electron chi connectivity index (χ4n) is 9.33. The van der Waals surface area contributed by atoms with E-state index in [0.717, 1.165) is 128 Å². The van der Waals surface area contributed by atoms with Gasteiger partial charge in [0.1, 0.15) is 13.2 Å². The predicted octanol–water partition coefficient (Wildman–Crippen LogP) is 23.6. The third-order valence-corrected chi connectivity index (χ3v) is 14.4. The minimum Gasteiger partial charge on any atom is -0.462 e. The molecule has 0 aliphatic carbocycles. The minimum atomic E-state index is -0.794. The van der Waals surface area contributed by atoms with Gasteiger partial charge in [-0.2, -0.15) is 0 Å². The van der Waals surface area contributed by atoms with Crippen molar-refractivity contribution < 1.29 is 28.6 Å². The second kappa shape index (κ2) is 68.3. The summed E-state index contributed by atoms with van der Waals surface area (Å²) in [6.45, 7) is 6.50. The molecule has 0 aliphatic heterocycles. The van der Waals surface area contributed by atoms with Gasteiger partial charge in [-0.25, -0.2) is 0 Å². The molecule has 0 heterocycles. The number of rotatable bonds is 61. The largest absolute Gasteiger partial charge is 0.462 e. The Hall–Kier alpha value is -4.19. The Labute approximate surface area is 501 Å². The maximum Gasteiger partial charge on any atom is 0.306 e. The predicted molar refractivity (Wildman–Crippen MR) is 353 cm³/mol. The van der Waals surface area contributed by atoms with Crippen LogP contribution in [0.3, 0.4) is 0 Å². The van der Waals surface area contributed by atoms with Crippen LogP contribution in [0.5, 0.6) is 0 Å². The quantitative estimate of drug-likeness (QED) is 0.0261. The molecule has 0 aromatic heterocycles. The molecule has 81 heavy (non-hydrogen) atoms. The zero-order valence-corrected chi connectivity index (χ0v) is 53.0. The lowest BCUT2D eigenvalue weighted by atomic mass is 10.1. The van der Waals surface area contributed by atoms with E-state index in [-0.39, 0.29) is 31.1 Å². The topological polar surface area (TPSA) is 78.9 Å². The highest BCUT2D eigenvalue weighted by Gasteiger charge is 2.19. The lowest BCUT2D eigenvalue weighted by Crippen LogP contribution is -2.30. The maximum absolute atomic E-state index is 12.9. The van der Waals surface area contributed by atoms with Gasteiger partial charge >= 0.3 is 17.9 Å². The molecule has 0 saturated carbocycles. The van der Waals surface area contributed by atoms with E-state index in [1.54, 1.807) is 0 Å². The van der Waals surface area contributed by atoms with Crippen LogP contribution in [0.2, 0.25) is 0 Å². The number of allylic oxidation sites excluding steroid dienone is 20. The average Bonchev–Trinajstić information content (AvgIpc) is 3.47. The number of carbonyl (C=O) groups excluding carboxylic acids is 3. The number of carbonyl (C=O) groups is 3. The van der Waals surface area contributed by atoms with E-state index in [0.29, 0.717) is 19.3 Å². The molecular formula is C75H126O6. The summed E-state index contributed by atoms with van der Waals surface area (Å²) in [7, 11) is 0. The van der Waals surface area contributed by atoms with Crippen LogP contribution in [0.25, 0.3) is 0 Å². The van der Waals surface area contributed by atoms with E-state index in [4.69, 9.17) is 14.2 Å². The molecule has 0 spiro atoms. The fraction of sp³-hybridized carbons (Fsp3) is 0.693. The molecule has 0 N–H and O–H groups in total. The highest BCUT2D eigenvalue weighted by atomic mass is 16.6. The Bertz CT molecular complexity index is 1670. The normalized spacial score (nSPS) is 12.9. The Morgan fingerprint density at radius 2 is 0.481 bits per heavy atom. The van der Waals surface area contributed by atoms with Crippen molar-refractivity contribution in [2.75, 3.05) is 13.2 Å². The first-order chi connectivity index (χ1) is 40.0. The zero-order chi connectivity index (χ0) is 58.5. The molecule has 0 rings (SSSR count). The standard InChI is InChI=1S/C75H126O6/c1-4-7-10-13-16-19-22-25-28-31-34-35-36-37-38-39-40-41-42-45-47-50-53-56-59-62-65-68-74(77)80-71-72(81-75(78)69-66-63-60-57-54-51-48-44-33-30-27-24-21-18-15-12-9-6-3)70-79-73(76)67-64-61-58-55-52-49-46-43-32-29-26-23-20-17-14-11-8-5-2/h7,10,16,19-21,23-25,28-30,32-35,37-38,40-41,72H,4-6,8-9,11-15,17-18,22,26-27,31,36,39,42-71H2,1-3H3/b10-7-,19-16-,23-20-,24-21-,28-25-,32-29-,33-30-,35-34-,38-37-,41-40-. The molecule has 0 fully saturated rings. The van der Waals surface area contributed by atoms with Gasteiger partial charge in [-0.1, -0.05) is 284 Å². The summed E-state index contributed by atoms with van der Waals surface area (Å²) in [5.74, 6) is -0.904. The molecule has 0 saturated heterocycles. The van der Waals surface area contributed by atoms with Crippen LogP contribution in [0.4, 0.5) is 0 Å². The highest BCUT2D eigenvalue weighted by molar-refractivity contribution is 5.71.